The molecule has 0 heterocycles. The summed E-state index contributed by atoms with van der Waals surface area (Å²) in [4.78, 5) is 14.0. The van der Waals surface area contributed by atoms with Crippen LogP contribution < -0.4 is 0 Å². The smallest absolute Gasteiger partial charge is 0.308 e. The van der Waals surface area contributed by atoms with Crippen molar-refractivity contribution >= 4 is 5.97 Å². The maximum absolute atomic E-state index is 11.5. The van der Waals surface area contributed by atoms with E-state index >= 15 is 0 Å². The van der Waals surface area contributed by atoms with Crippen LogP contribution in [0.4, 0.5) is 0 Å². The predicted molar refractivity (Wildman–Crippen MR) is 77.2 cm³/mol. The lowest BCUT2D eigenvalue weighted by Gasteiger charge is -2.40. The van der Waals surface area contributed by atoms with Crippen LogP contribution in [0.3, 0.4) is 0 Å². The summed E-state index contributed by atoms with van der Waals surface area (Å²) in [6, 6.07) is 0.875. The first-order valence-electron chi connectivity index (χ1n) is 8.04. The van der Waals surface area contributed by atoms with Gasteiger partial charge in [-0.05, 0) is 51.5 Å². The summed E-state index contributed by atoms with van der Waals surface area (Å²) in [6.07, 6.45) is 10.5. The Balaban J connectivity index is 2.01. The molecular formula is C16H29NO2. The van der Waals surface area contributed by atoms with Gasteiger partial charge < -0.3 is 5.11 Å². The molecule has 2 aliphatic rings. The Kier molecular flexibility index (Phi) is 5.26. The van der Waals surface area contributed by atoms with Crippen molar-refractivity contribution in [3.63, 3.8) is 0 Å². The van der Waals surface area contributed by atoms with Crippen LogP contribution in [-0.4, -0.2) is 35.1 Å². The van der Waals surface area contributed by atoms with Crippen LogP contribution in [0.15, 0.2) is 0 Å². The number of rotatable bonds is 3. The zero-order chi connectivity index (χ0) is 13.8. The summed E-state index contributed by atoms with van der Waals surface area (Å²) in [5, 5.41) is 9.50. The van der Waals surface area contributed by atoms with E-state index in [1.54, 1.807) is 0 Å². The molecule has 3 heteroatoms. The molecule has 2 rings (SSSR count). The SMILES string of the molecule is CC1CCC(N(C)C2CCCCCC2C(=O)O)CC1. The lowest BCUT2D eigenvalue weighted by molar-refractivity contribution is -0.144. The molecule has 2 atom stereocenters. The van der Waals surface area contributed by atoms with Crippen molar-refractivity contribution < 1.29 is 9.90 Å². The van der Waals surface area contributed by atoms with E-state index in [2.05, 4.69) is 18.9 Å². The maximum Gasteiger partial charge on any atom is 0.308 e. The van der Waals surface area contributed by atoms with Gasteiger partial charge in [0.15, 0.2) is 0 Å². The van der Waals surface area contributed by atoms with Gasteiger partial charge in [0.2, 0.25) is 0 Å². The van der Waals surface area contributed by atoms with Crippen LogP contribution in [0.2, 0.25) is 0 Å². The second-order valence-corrected chi connectivity index (χ2v) is 6.73. The number of hydrogen-bond donors (Lipinski definition) is 1. The third-order valence-corrected chi connectivity index (χ3v) is 5.38. The van der Waals surface area contributed by atoms with Crippen LogP contribution in [0.1, 0.15) is 64.7 Å². The molecule has 3 nitrogen and oxygen atoms in total. The molecule has 0 bridgehead atoms. The van der Waals surface area contributed by atoms with Crippen molar-refractivity contribution in [1.82, 2.24) is 4.90 Å². The van der Waals surface area contributed by atoms with Crippen LogP contribution in [-0.2, 0) is 4.79 Å². The molecular weight excluding hydrogens is 238 g/mol. The molecule has 0 aromatic rings. The second kappa shape index (κ2) is 6.74. The fraction of sp³-hybridized carbons (Fsp3) is 0.938. The minimum Gasteiger partial charge on any atom is -0.481 e. The van der Waals surface area contributed by atoms with Gasteiger partial charge in [0, 0.05) is 12.1 Å². The van der Waals surface area contributed by atoms with Gasteiger partial charge in [-0.15, -0.1) is 0 Å². The van der Waals surface area contributed by atoms with Crippen molar-refractivity contribution in [3.8, 4) is 0 Å². The highest BCUT2D eigenvalue weighted by atomic mass is 16.4. The Morgan fingerprint density at radius 1 is 1.00 bits per heavy atom. The van der Waals surface area contributed by atoms with Gasteiger partial charge >= 0.3 is 5.97 Å². The minimum atomic E-state index is -0.581. The van der Waals surface area contributed by atoms with E-state index in [0.717, 1.165) is 25.2 Å². The molecule has 110 valence electrons. The molecule has 1 N–H and O–H groups in total. The van der Waals surface area contributed by atoms with Gasteiger partial charge in [0.05, 0.1) is 5.92 Å². The van der Waals surface area contributed by atoms with Crippen LogP contribution in [0.5, 0.6) is 0 Å². The molecule has 0 saturated heterocycles. The van der Waals surface area contributed by atoms with Crippen molar-refractivity contribution in [2.75, 3.05) is 7.05 Å². The van der Waals surface area contributed by atoms with Crippen LogP contribution >= 0.6 is 0 Å². The summed E-state index contributed by atoms with van der Waals surface area (Å²) < 4.78 is 0. The Morgan fingerprint density at radius 3 is 2.26 bits per heavy atom. The highest BCUT2D eigenvalue weighted by Crippen LogP contribution is 2.33. The third-order valence-electron chi connectivity index (χ3n) is 5.38. The quantitative estimate of drug-likeness (QED) is 0.795. The Hall–Kier alpha value is -0.570. The van der Waals surface area contributed by atoms with Gasteiger partial charge in [-0.25, -0.2) is 0 Å². The number of carbonyl (C=O) groups is 1. The number of carboxylic acid groups (broad SMARTS) is 1. The fourth-order valence-electron chi connectivity index (χ4n) is 3.98. The molecule has 0 spiro atoms. The van der Waals surface area contributed by atoms with Gasteiger partial charge in [-0.1, -0.05) is 26.2 Å². The molecule has 0 aliphatic heterocycles. The monoisotopic (exact) mass is 267 g/mol. The molecule has 19 heavy (non-hydrogen) atoms. The van der Waals surface area contributed by atoms with Gasteiger partial charge in [-0.2, -0.15) is 0 Å². The predicted octanol–water partition coefficient (Wildman–Crippen LogP) is 3.53. The summed E-state index contributed by atoms with van der Waals surface area (Å²) in [6.45, 7) is 2.34. The minimum absolute atomic E-state index is 0.146. The molecule has 0 amide bonds. The second-order valence-electron chi connectivity index (χ2n) is 6.73. The standard InChI is InChI=1S/C16H29NO2/c1-12-8-10-13(11-9-12)17(2)15-7-5-3-4-6-14(15)16(18)19/h12-15H,3-11H2,1-2H3,(H,18,19). The van der Waals surface area contributed by atoms with E-state index in [0.29, 0.717) is 6.04 Å². The molecule has 2 aliphatic carbocycles. The molecule has 2 unspecified atom stereocenters. The van der Waals surface area contributed by atoms with E-state index in [1.165, 1.54) is 38.5 Å². The van der Waals surface area contributed by atoms with Crippen molar-refractivity contribution in [2.24, 2.45) is 11.8 Å². The Labute approximate surface area is 117 Å². The Bertz CT molecular complexity index is 297. The molecule has 2 fully saturated rings. The van der Waals surface area contributed by atoms with Crippen molar-refractivity contribution in [3.05, 3.63) is 0 Å². The van der Waals surface area contributed by atoms with Crippen molar-refractivity contribution in [1.29, 1.82) is 0 Å². The van der Waals surface area contributed by atoms with Crippen LogP contribution in [0.25, 0.3) is 0 Å². The first kappa shape index (κ1) is 14.8. The summed E-state index contributed by atoms with van der Waals surface area (Å²) in [5.74, 6) is 0.129. The van der Waals surface area contributed by atoms with Crippen LogP contribution in [0, 0.1) is 11.8 Å². The van der Waals surface area contributed by atoms with Gasteiger partial charge in [0.1, 0.15) is 0 Å². The molecule has 2 saturated carbocycles. The zero-order valence-corrected chi connectivity index (χ0v) is 12.5. The van der Waals surface area contributed by atoms with E-state index in [1.807, 2.05) is 0 Å². The summed E-state index contributed by atoms with van der Waals surface area (Å²) >= 11 is 0. The van der Waals surface area contributed by atoms with E-state index in [4.69, 9.17) is 0 Å². The largest absolute Gasteiger partial charge is 0.481 e. The molecule has 0 aromatic heterocycles. The average molecular weight is 267 g/mol. The zero-order valence-electron chi connectivity index (χ0n) is 12.5. The number of carboxylic acids is 1. The number of aliphatic carboxylic acids is 1. The highest BCUT2D eigenvalue weighted by molar-refractivity contribution is 5.70. The first-order chi connectivity index (χ1) is 9.09. The van der Waals surface area contributed by atoms with Gasteiger partial charge in [0.25, 0.3) is 0 Å². The first-order valence-corrected chi connectivity index (χ1v) is 8.04. The normalized spacial score (nSPS) is 37.0. The fourth-order valence-corrected chi connectivity index (χ4v) is 3.98. The average Bonchev–Trinajstić information content (AvgIpc) is 2.64. The summed E-state index contributed by atoms with van der Waals surface area (Å²) in [5.41, 5.74) is 0. The van der Waals surface area contributed by atoms with Crippen molar-refractivity contribution in [2.45, 2.75) is 76.8 Å². The molecule has 0 radical (unpaired) electrons. The Morgan fingerprint density at radius 2 is 1.63 bits per heavy atom. The van der Waals surface area contributed by atoms with E-state index in [9.17, 15) is 9.90 Å². The number of hydrogen-bond acceptors (Lipinski definition) is 2. The maximum atomic E-state index is 11.5. The molecule has 0 aromatic carbocycles. The number of nitrogens with zero attached hydrogens (tertiary/aromatic N) is 1. The lowest BCUT2D eigenvalue weighted by Crippen LogP contribution is -2.47. The van der Waals surface area contributed by atoms with E-state index < -0.39 is 5.97 Å². The lowest BCUT2D eigenvalue weighted by atomic mass is 9.84. The third kappa shape index (κ3) is 3.71. The topological polar surface area (TPSA) is 40.5 Å². The van der Waals surface area contributed by atoms with Gasteiger partial charge in [-0.3, -0.25) is 9.69 Å². The van der Waals surface area contributed by atoms with E-state index in [-0.39, 0.29) is 12.0 Å². The summed E-state index contributed by atoms with van der Waals surface area (Å²) in [7, 11) is 2.17. The highest BCUT2D eigenvalue weighted by Gasteiger charge is 2.35.